The van der Waals surface area contributed by atoms with Gasteiger partial charge in [-0.15, -0.1) is 11.8 Å². The number of nitrogens with one attached hydrogen (secondary N) is 1. The number of amides is 4. The third-order valence-electron chi connectivity index (χ3n) is 5.63. The van der Waals surface area contributed by atoms with Crippen LogP contribution in [0.5, 0.6) is 0 Å². The Balaban J connectivity index is 1.33. The molecule has 9 heteroatoms. The molecule has 4 amide bonds. The Labute approximate surface area is 183 Å². The molecule has 3 saturated heterocycles. The summed E-state index contributed by atoms with van der Waals surface area (Å²) in [6, 6.07) is 7.20. The summed E-state index contributed by atoms with van der Waals surface area (Å²) < 4.78 is 0. The molecule has 3 fully saturated rings. The number of hydrogen-bond acceptors (Lipinski definition) is 6. The first-order valence-electron chi connectivity index (χ1n) is 9.84. The van der Waals surface area contributed by atoms with Crippen LogP contribution < -0.4 is 5.32 Å². The van der Waals surface area contributed by atoms with Crippen molar-refractivity contribution in [2.24, 2.45) is 0 Å². The predicted molar refractivity (Wildman–Crippen MR) is 118 cm³/mol. The summed E-state index contributed by atoms with van der Waals surface area (Å²) in [5.74, 6) is -0.00778. The summed E-state index contributed by atoms with van der Waals surface area (Å²) in [6.07, 6.45) is 2.93. The number of hydrogen-bond donors (Lipinski definition) is 1. The van der Waals surface area contributed by atoms with Crippen molar-refractivity contribution >= 4 is 52.6 Å². The zero-order chi connectivity index (χ0) is 21.5. The number of benzene rings is 1. The first-order valence-corrected chi connectivity index (χ1v) is 11.6. The summed E-state index contributed by atoms with van der Waals surface area (Å²) >= 11 is 2.54. The summed E-state index contributed by atoms with van der Waals surface area (Å²) in [7, 11) is 0. The SMILES string of the molecule is Cc1ccc(/C=C2/SC(=O)N(CCNC(=O)C3CSC4(C)CCC(=O)N34)C2=O)cc1. The molecule has 2 atom stereocenters. The number of nitrogens with zero attached hydrogens (tertiary/aromatic N) is 2. The Morgan fingerprint density at radius 2 is 2.00 bits per heavy atom. The van der Waals surface area contributed by atoms with Crippen molar-refractivity contribution in [3.8, 4) is 0 Å². The quantitative estimate of drug-likeness (QED) is 0.701. The molecule has 30 heavy (non-hydrogen) atoms. The highest BCUT2D eigenvalue weighted by Crippen LogP contribution is 2.47. The maximum absolute atomic E-state index is 12.6. The van der Waals surface area contributed by atoms with Crippen molar-refractivity contribution in [1.29, 1.82) is 0 Å². The molecule has 0 saturated carbocycles. The average molecular weight is 446 g/mol. The standard InChI is InChI=1S/C21H23N3O4S2/c1-13-3-5-14(6-4-13)11-16-19(27)23(20(28)30-16)10-9-22-18(26)15-12-29-21(2)8-7-17(25)24(15)21/h3-6,11,15H,7-10,12H2,1-2H3,(H,22,26)/b16-11+. The third-order valence-corrected chi connectivity index (χ3v) is 8.04. The van der Waals surface area contributed by atoms with Gasteiger partial charge in [-0.2, -0.15) is 0 Å². The van der Waals surface area contributed by atoms with Gasteiger partial charge in [-0.1, -0.05) is 29.8 Å². The van der Waals surface area contributed by atoms with Crippen LogP contribution in [0.25, 0.3) is 6.08 Å². The van der Waals surface area contributed by atoms with Crippen LogP contribution >= 0.6 is 23.5 Å². The van der Waals surface area contributed by atoms with E-state index in [1.54, 1.807) is 22.7 Å². The first-order chi connectivity index (χ1) is 14.3. The second kappa shape index (κ2) is 8.11. The van der Waals surface area contributed by atoms with Crippen molar-refractivity contribution in [3.63, 3.8) is 0 Å². The molecule has 1 aromatic carbocycles. The summed E-state index contributed by atoms with van der Waals surface area (Å²) in [5, 5.41) is 2.45. The minimum Gasteiger partial charge on any atom is -0.352 e. The Hall–Kier alpha value is -2.26. The monoisotopic (exact) mass is 445 g/mol. The van der Waals surface area contributed by atoms with E-state index in [2.05, 4.69) is 5.32 Å². The van der Waals surface area contributed by atoms with Gasteiger partial charge in [0, 0.05) is 25.3 Å². The van der Waals surface area contributed by atoms with Crippen LogP contribution in [0.3, 0.4) is 0 Å². The van der Waals surface area contributed by atoms with Gasteiger partial charge in [0.1, 0.15) is 6.04 Å². The van der Waals surface area contributed by atoms with E-state index < -0.39 is 6.04 Å². The lowest BCUT2D eigenvalue weighted by molar-refractivity contribution is -0.137. The number of imide groups is 1. The smallest absolute Gasteiger partial charge is 0.293 e. The van der Waals surface area contributed by atoms with E-state index in [0.717, 1.165) is 34.2 Å². The maximum atomic E-state index is 12.6. The highest BCUT2D eigenvalue weighted by molar-refractivity contribution is 8.18. The molecule has 3 aliphatic heterocycles. The fourth-order valence-electron chi connectivity index (χ4n) is 3.93. The summed E-state index contributed by atoms with van der Waals surface area (Å²) in [5.41, 5.74) is 1.98. The lowest BCUT2D eigenvalue weighted by atomic mass is 10.1. The van der Waals surface area contributed by atoms with Gasteiger partial charge >= 0.3 is 0 Å². The van der Waals surface area contributed by atoms with Gasteiger partial charge in [0.25, 0.3) is 11.1 Å². The lowest BCUT2D eigenvalue weighted by Gasteiger charge is -2.29. The lowest BCUT2D eigenvalue weighted by Crippen LogP contribution is -2.51. The molecule has 4 rings (SSSR count). The van der Waals surface area contributed by atoms with Gasteiger partial charge in [0.2, 0.25) is 11.8 Å². The molecule has 0 aliphatic carbocycles. The Morgan fingerprint density at radius 1 is 1.27 bits per heavy atom. The minimum atomic E-state index is -0.494. The number of rotatable bonds is 5. The van der Waals surface area contributed by atoms with E-state index in [1.165, 1.54) is 0 Å². The number of carbonyl (C=O) groups is 4. The Bertz CT molecular complexity index is 946. The number of thioether (sulfide) groups is 2. The minimum absolute atomic E-state index is 0.00910. The van der Waals surface area contributed by atoms with Crippen molar-refractivity contribution in [2.75, 3.05) is 18.8 Å². The molecule has 1 N–H and O–H groups in total. The van der Waals surface area contributed by atoms with Gasteiger partial charge < -0.3 is 10.2 Å². The molecule has 158 valence electrons. The summed E-state index contributed by atoms with van der Waals surface area (Å²) in [4.78, 5) is 52.6. The zero-order valence-corrected chi connectivity index (χ0v) is 18.5. The molecular weight excluding hydrogens is 422 g/mol. The molecule has 1 aromatic rings. The number of aryl methyl sites for hydroxylation is 1. The van der Waals surface area contributed by atoms with Crippen molar-refractivity contribution in [1.82, 2.24) is 15.1 Å². The van der Waals surface area contributed by atoms with E-state index in [-0.39, 0.29) is 40.9 Å². The van der Waals surface area contributed by atoms with Crippen LogP contribution in [0.1, 0.15) is 30.9 Å². The van der Waals surface area contributed by atoms with E-state index in [9.17, 15) is 19.2 Å². The van der Waals surface area contributed by atoms with Crippen LogP contribution in [-0.2, 0) is 14.4 Å². The molecule has 0 spiro atoms. The Morgan fingerprint density at radius 3 is 2.73 bits per heavy atom. The van der Waals surface area contributed by atoms with E-state index in [1.807, 2.05) is 38.1 Å². The topological polar surface area (TPSA) is 86.8 Å². The van der Waals surface area contributed by atoms with Crippen LogP contribution in [0.15, 0.2) is 29.2 Å². The molecule has 0 radical (unpaired) electrons. The molecule has 0 bridgehead atoms. The molecule has 3 heterocycles. The fraction of sp³-hybridized carbons (Fsp3) is 0.429. The second-order valence-corrected chi connectivity index (χ2v) is 10.3. The number of fused-ring (bicyclic) bond motifs is 1. The van der Waals surface area contributed by atoms with Crippen LogP contribution in [0, 0.1) is 6.92 Å². The van der Waals surface area contributed by atoms with Crippen LogP contribution in [0.2, 0.25) is 0 Å². The molecule has 3 aliphatic rings. The van der Waals surface area contributed by atoms with E-state index >= 15 is 0 Å². The van der Waals surface area contributed by atoms with E-state index in [0.29, 0.717) is 17.1 Å². The van der Waals surface area contributed by atoms with Crippen molar-refractivity contribution < 1.29 is 19.2 Å². The summed E-state index contributed by atoms with van der Waals surface area (Å²) in [6.45, 7) is 4.24. The highest BCUT2D eigenvalue weighted by Gasteiger charge is 2.52. The van der Waals surface area contributed by atoms with Gasteiger partial charge in [-0.3, -0.25) is 24.1 Å². The predicted octanol–water partition coefficient (Wildman–Crippen LogP) is 2.60. The van der Waals surface area contributed by atoms with Gasteiger partial charge in [0.15, 0.2) is 0 Å². The molecule has 0 aromatic heterocycles. The van der Waals surface area contributed by atoms with Crippen molar-refractivity contribution in [3.05, 3.63) is 40.3 Å². The molecule has 7 nitrogen and oxygen atoms in total. The zero-order valence-electron chi connectivity index (χ0n) is 16.8. The number of carbonyl (C=O) groups excluding carboxylic acids is 4. The van der Waals surface area contributed by atoms with Crippen LogP contribution in [-0.4, -0.2) is 62.5 Å². The first kappa shape index (κ1) is 21.0. The fourth-order valence-corrected chi connectivity index (χ4v) is 6.23. The Kier molecular flexibility index (Phi) is 5.67. The third kappa shape index (κ3) is 3.88. The van der Waals surface area contributed by atoms with Crippen LogP contribution in [0.4, 0.5) is 4.79 Å². The highest BCUT2D eigenvalue weighted by atomic mass is 32.2. The molecular formula is C21H23N3O4S2. The normalized spacial score (nSPS) is 27.3. The molecule has 2 unspecified atom stereocenters. The largest absolute Gasteiger partial charge is 0.352 e. The van der Waals surface area contributed by atoms with E-state index in [4.69, 9.17) is 0 Å². The van der Waals surface area contributed by atoms with Crippen molar-refractivity contribution in [2.45, 2.75) is 37.6 Å². The van der Waals surface area contributed by atoms with Gasteiger partial charge in [-0.25, -0.2) is 0 Å². The maximum Gasteiger partial charge on any atom is 0.293 e. The average Bonchev–Trinajstić information content (AvgIpc) is 3.30. The second-order valence-electron chi connectivity index (χ2n) is 7.80. The van der Waals surface area contributed by atoms with Gasteiger partial charge in [-0.05, 0) is 43.7 Å². The van der Waals surface area contributed by atoms with Gasteiger partial charge in [0.05, 0.1) is 9.78 Å².